The highest BCUT2D eigenvalue weighted by atomic mass is 32.2. The van der Waals surface area contributed by atoms with E-state index in [0.717, 1.165) is 11.3 Å². The number of thiophene rings is 1. The molecule has 2 N–H and O–H groups in total. The molecule has 0 saturated carbocycles. The molecule has 2 saturated heterocycles. The van der Waals surface area contributed by atoms with Crippen molar-refractivity contribution in [1.29, 1.82) is 0 Å². The number of ether oxygens (including phenoxy) is 1. The number of benzene rings is 1. The van der Waals surface area contributed by atoms with Gasteiger partial charge in [0, 0.05) is 22.7 Å². The van der Waals surface area contributed by atoms with Gasteiger partial charge in [-0.25, -0.2) is 19.2 Å². The van der Waals surface area contributed by atoms with Crippen LogP contribution in [0.25, 0.3) is 20.8 Å². The predicted octanol–water partition coefficient (Wildman–Crippen LogP) is 4.77. The SMILES string of the molecule is O=C1N[C@@H](c2nc(-c3sc4c(N[C@@H]5COC[C@@H]5F)cccc4c3SC(F)(F)F)no2)CN1c1ncccn1. The van der Waals surface area contributed by atoms with Crippen LogP contribution in [-0.2, 0) is 4.74 Å². The smallest absolute Gasteiger partial charge is 0.376 e. The Hall–Kier alpha value is -3.50. The third-order valence-corrected chi connectivity index (χ3v) is 8.11. The van der Waals surface area contributed by atoms with E-state index in [1.807, 2.05) is 0 Å². The zero-order chi connectivity index (χ0) is 26.4. The molecule has 0 bridgehead atoms. The Labute approximate surface area is 219 Å². The summed E-state index contributed by atoms with van der Waals surface area (Å²) in [6, 6.07) is 4.62. The van der Waals surface area contributed by atoms with Crippen LogP contribution in [0.15, 0.2) is 46.1 Å². The summed E-state index contributed by atoms with van der Waals surface area (Å²) < 4.78 is 65.9. The number of carbonyl (C=O) groups excluding carboxylic acids is 1. The van der Waals surface area contributed by atoms with Gasteiger partial charge in [-0.05, 0) is 23.9 Å². The molecule has 0 spiro atoms. The zero-order valence-electron chi connectivity index (χ0n) is 19.1. The van der Waals surface area contributed by atoms with Crippen molar-refractivity contribution in [3.05, 3.63) is 42.5 Å². The Kier molecular flexibility index (Phi) is 6.31. The summed E-state index contributed by atoms with van der Waals surface area (Å²) in [7, 11) is 0. The number of hydrogen-bond acceptors (Lipinski definition) is 10. The summed E-state index contributed by atoms with van der Waals surface area (Å²) in [5.74, 6) is 0.146. The Bertz CT molecular complexity index is 1480. The first-order valence-corrected chi connectivity index (χ1v) is 12.9. The van der Waals surface area contributed by atoms with Crippen molar-refractivity contribution < 1.29 is 31.6 Å². The van der Waals surface area contributed by atoms with Crippen LogP contribution in [-0.4, -0.2) is 63.6 Å². The Morgan fingerprint density at radius 1 is 1.18 bits per heavy atom. The van der Waals surface area contributed by atoms with Crippen molar-refractivity contribution in [3.8, 4) is 10.7 Å². The second-order valence-corrected chi connectivity index (χ2v) is 10.5. The number of hydrogen-bond donors (Lipinski definition) is 2. The van der Waals surface area contributed by atoms with Gasteiger partial charge in [-0.15, -0.1) is 11.3 Å². The highest BCUT2D eigenvalue weighted by Gasteiger charge is 2.38. The largest absolute Gasteiger partial charge is 0.446 e. The molecule has 0 unspecified atom stereocenters. The number of fused-ring (bicyclic) bond motifs is 1. The first-order valence-electron chi connectivity index (χ1n) is 11.3. The number of nitrogens with zero attached hydrogens (tertiary/aromatic N) is 5. The summed E-state index contributed by atoms with van der Waals surface area (Å²) in [6.07, 6.45) is 1.74. The maximum atomic E-state index is 14.1. The lowest BCUT2D eigenvalue weighted by molar-refractivity contribution is -0.0327. The Morgan fingerprint density at radius 2 is 2.00 bits per heavy atom. The van der Waals surface area contributed by atoms with Crippen LogP contribution in [0.5, 0.6) is 0 Å². The molecule has 1 aromatic carbocycles. The number of carbonyl (C=O) groups is 1. The summed E-state index contributed by atoms with van der Waals surface area (Å²) in [5.41, 5.74) is -4.11. The van der Waals surface area contributed by atoms with Gasteiger partial charge in [0.25, 0.3) is 5.89 Å². The van der Waals surface area contributed by atoms with E-state index < -0.39 is 29.8 Å². The molecular weight excluding hydrogens is 550 g/mol. The fraction of sp³-hybridized carbons (Fsp3) is 0.318. The minimum atomic E-state index is -4.59. The molecule has 3 aromatic heterocycles. The predicted molar refractivity (Wildman–Crippen MR) is 131 cm³/mol. The van der Waals surface area contributed by atoms with E-state index in [0.29, 0.717) is 15.8 Å². The lowest BCUT2D eigenvalue weighted by Gasteiger charge is -2.15. The van der Waals surface area contributed by atoms with Crippen molar-refractivity contribution in [2.75, 3.05) is 30.0 Å². The van der Waals surface area contributed by atoms with Gasteiger partial charge < -0.3 is 19.9 Å². The van der Waals surface area contributed by atoms with Gasteiger partial charge >= 0.3 is 11.5 Å². The molecule has 6 rings (SSSR count). The normalized spacial score (nSPS) is 21.8. The average Bonchev–Trinajstić information content (AvgIpc) is 3.67. The molecule has 3 atom stereocenters. The molecule has 38 heavy (non-hydrogen) atoms. The van der Waals surface area contributed by atoms with Crippen molar-refractivity contribution in [1.82, 2.24) is 25.4 Å². The number of thioether (sulfide) groups is 1. The number of alkyl halides is 4. The molecule has 2 aliphatic rings. The van der Waals surface area contributed by atoms with Gasteiger partial charge in [-0.3, -0.25) is 4.90 Å². The zero-order valence-corrected chi connectivity index (χ0v) is 20.7. The molecule has 2 aliphatic heterocycles. The van der Waals surface area contributed by atoms with Gasteiger partial charge in [0.05, 0.1) is 41.1 Å². The van der Waals surface area contributed by atoms with Crippen molar-refractivity contribution >= 4 is 50.9 Å². The van der Waals surface area contributed by atoms with Crippen LogP contribution < -0.4 is 15.5 Å². The number of urea groups is 1. The number of nitrogens with one attached hydrogen (secondary N) is 2. The highest BCUT2D eigenvalue weighted by molar-refractivity contribution is 8.00. The van der Waals surface area contributed by atoms with E-state index in [1.165, 1.54) is 17.3 Å². The second-order valence-electron chi connectivity index (χ2n) is 8.41. The number of amides is 2. The van der Waals surface area contributed by atoms with E-state index in [-0.39, 0.29) is 59.0 Å². The van der Waals surface area contributed by atoms with Crippen LogP contribution >= 0.6 is 23.1 Å². The third kappa shape index (κ3) is 4.74. The van der Waals surface area contributed by atoms with Crippen molar-refractivity contribution in [2.45, 2.75) is 28.7 Å². The van der Waals surface area contributed by atoms with E-state index in [1.54, 1.807) is 24.3 Å². The fourth-order valence-electron chi connectivity index (χ4n) is 4.18. The molecular formula is C22H17F4N7O3S2. The quantitative estimate of drug-likeness (QED) is 0.251. The van der Waals surface area contributed by atoms with E-state index in [2.05, 4.69) is 30.7 Å². The molecule has 0 aliphatic carbocycles. The summed E-state index contributed by atoms with van der Waals surface area (Å²) in [4.78, 5) is 26.2. The third-order valence-electron chi connectivity index (χ3n) is 5.88. The number of rotatable bonds is 6. The van der Waals surface area contributed by atoms with Gasteiger partial charge in [0.15, 0.2) is 0 Å². The van der Waals surface area contributed by atoms with Gasteiger partial charge in [0.2, 0.25) is 11.8 Å². The van der Waals surface area contributed by atoms with E-state index in [4.69, 9.17) is 9.26 Å². The topological polar surface area (TPSA) is 118 Å². The van der Waals surface area contributed by atoms with Gasteiger partial charge in [-0.1, -0.05) is 17.3 Å². The Morgan fingerprint density at radius 3 is 2.74 bits per heavy atom. The maximum absolute atomic E-state index is 14.1. The number of anilines is 2. The van der Waals surface area contributed by atoms with Crippen LogP contribution in [0.4, 0.5) is 34.0 Å². The van der Waals surface area contributed by atoms with E-state index in [9.17, 15) is 22.4 Å². The second kappa shape index (κ2) is 9.67. The number of halogens is 4. The van der Waals surface area contributed by atoms with Crippen LogP contribution in [0.1, 0.15) is 11.9 Å². The van der Waals surface area contributed by atoms with Crippen LogP contribution in [0, 0.1) is 0 Å². The minimum Gasteiger partial charge on any atom is -0.376 e. The van der Waals surface area contributed by atoms with Crippen LogP contribution in [0.3, 0.4) is 0 Å². The molecule has 4 aromatic rings. The number of aromatic nitrogens is 4. The van der Waals surface area contributed by atoms with Gasteiger partial charge in [-0.2, -0.15) is 18.2 Å². The Balaban J connectivity index is 1.34. The lowest BCUT2D eigenvalue weighted by atomic mass is 10.2. The summed E-state index contributed by atoms with van der Waals surface area (Å²) in [6.45, 7) is 0.185. The lowest BCUT2D eigenvalue weighted by Crippen LogP contribution is -2.29. The first kappa shape index (κ1) is 24.8. The molecule has 198 valence electrons. The molecule has 10 nitrogen and oxygen atoms in total. The van der Waals surface area contributed by atoms with Crippen molar-refractivity contribution in [2.24, 2.45) is 0 Å². The highest BCUT2D eigenvalue weighted by Crippen LogP contribution is 2.50. The first-order chi connectivity index (χ1) is 18.3. The molecule has 16 heteroatoms. The average molecular weight is 568 g/mol. The maximum Gasteiger partial charge on any atom is 0.446 e. The summed E-state index contributed by atoms with van der Waals surface area (Å²) >= 11 is 0.751. The van der Waals surface area contributed by atoms with Crippen molar-refractivity contribution in [3.63, 3.8) is 0 Å². The van der Waals surface area contributed by atoms with Crippen LogP contribution in [0.2, 0.25) is 0 Å². The van der Waals surface area contributed by atoms with Gasteiger partial charge in [0.1, 0.15) is 12.2 Å². The molecule has 2 fully saturated rings. The molecule has 0 radical (unpaired) electrons. The monoisotopic (exact) mass is 567 g/mol. The standard InChI is InChI=1S/C22H17F4N7O3S2/c23-11-8-35-9-14(11)29-12-4-1-3-10-15(12)37-17(16(10)38-22(24,25)26)18-31-19(36-32-18)13-7-33(21(34)30-13)20-27-5-2-6-28-20/h1-6,11,13-14,29H,7-9H2,(H,30,34)/t11-,13+,14+/m0/s1. The molecule has 5 heterocycles. The van der Waals surface area contributed by atoms with E-state index >= 15 is 0 Å². The fourth-order valence-corrected chi connectivity index (χ4v) is 6.29. The summed E-state index contributed by atoms with van der Waals surface area (Å²) in [5, 5.41) is 9.99. The molecule has 2 amide bonds. The minimum absolute atomic E-state index is 0.0221.